The molecule has 2 heterocycles. The second-order valence-corrected chi connectivity index (χ2v) is 9.11. The first kappa shape index (κ1) is 22.7. The first-order valence-corrected chi connectivity index (χ1v) is 11.3. The number of nitriles is 1. The number of amides is 1. The summed E-state index contributed by atoms with van der Waals surface area (Å²) in [5.41, 5.74) is 3.96. The van der Waals surface area contributed by atoms with E-state index in [9.17, 15) is 15.2 Å². The van der Waals surface area contributed by atoms with Crippen LogP contribution in [0, 0.1) is 18.3 Å². The summed E-state index contributed by atoms with van der Waals surface area (Å²) in [5, 5.41) is 26.8. The van der Waals surface area contributed by atoms with Crippen molar-refractivity contribution < 1.29 is 9.90 Å². The largest absolute Gasteiger partial charge is 0.393 e. The molecule has 2 aromatic heterocycles. The van der Waals surface area contributed by atoms with Crippen LogP contribution in [-0.4, -0.2) is 31.9 Å². The molecule has 2 N–H and O–H groups in total. The van der Waals surface area contributed by atoms with Crippen molar-refractivity contribution in [3.63, 3.8) is 0 Å². The molecular formula is C26H29N5O2. The Morgan fingerprint density at radius 1 is 1.18 bits per heavy atom. The van der Waals surface area contributed by atoms with Crippen LogP contribution in [-0.2, 0) is 5.41 Å². The van der Waals surface area contributed by atoms with Crippen LogP contribution < -0.4 is 5.32 Å². The van der Waals surface area contributed by atoms with Crippen molar-refractivity contribution in [2.45, 2.75) is 63.9 Å². The van der Waals surface area contributed by atoms with E-state index in [0.29, 0.717) is 48.5 Å². The second kappa shape index (κ2) is 9.16. The minimum absolute atomic E-state index is 0.261. The molecule has 33 heavy (non-hydrogen) atoms. The van der Waals surface area contributed by atoms with E-state index in [1.54, 1.807) is 29.2 Å². The van der Waals surface area contributed by atoms with Crippen LogP contribution in [0.1, 0.15) is 72.8 Å². The Hall–Kier alpha value is -3.50. The second-order valence-electron chi connectivity index (χ2n) is 9.11. The summed E-state index contributed by atoms with van der Waals surface area (Å²) in [5.74, 6) is 0.190. The molecule has 1 fully saturated rings. The first-order chi connectivity index (χ1) is 15.8. The van der Waals surface area contributed by atoms with E-state index in [1.165, 1.54) is 5.56 Å². The summed E-state index contributed by atoms with van der Waals surface area (Å²) >= 11 is 0. The Balaban J connectivity index is 1.48. The van der Waals surface area contributed by atoms with Gasteiger partial charge in [0.25, 0.3) is 5.91 Å². The van der Waals surface area contributed by atoms with Crippen LogP contribution >= 0.6 is 0 Å². The fourth-order valence-electron chi connectivity index (χ4n) is 4.36. The first-order valence-electron chi connectivity index (χ1n) is 11.3. The molecule has 0 radical (unpaired) electrons. The maximum Gasteiger partial charge on any atom is 0.259 e. The molecule has 1 amide bonds. The SMILES string of the molecule is Cc1c(C(=O)Nc2ccc(C3(C#N)CCC(O)CC3)nc2)cnn1-c1ccc(C(C)C)cc1. The van der Waals surface area contributed by atoms with E-state index in [1.807, 2.05) is 19.1 Å². The van der Waals surface area contributed by atoms with Gasteiger partial charge in [-0.15, -0.1) is 0 Å². The highest BCUT2D eigenvalue weighted by Gasteiger charge is 2.37. The van der Waals surface area contributed by atoms with E-state index < -0.39 is 5.41 Å². The molecular weight excluding hydrogens is 414 g/mol. The predicted molar refractivity (Wildman–Crippen MR) is 126 cm³/mol. The summed E-state index contributed by atoms with van der Waals surface area (Å²) in [4.78, 5) is 17.4. The molecule has 1 aromatic carbocycles. The van der Waals surface area contributed by atoms with Crippen LogP contribution in [0.25, 0.3) is 5.69 Å². The molecule has 1 saturated carbocycles. The minimum Gasteiger partial charge on any atom is -0.393 e. The van der Waals surface area contributed by atoms with Gasteiger partial charge in [0, 0.05) is 0 Å². The number of carbonyl (C=O) groups is 1. The lowest BCUT2D eigenvalue weighted by Gasteiger charge is -2.32. The lowest BCUT2D eigenvalue weighted by molar-refractivity contribution is 0.102. The van der Waals surface area contributed by atoms with Gasteiger partial charge in [0.2, 0.25) is 0 Å². The number of nitrogens with zero attached hydrogens (tertiary/aromatic N) is 4. The summed E-state index contributed by atoms with van der Waals surface area (Å²) in [6, 6.07) is 14.1. The van der Waals surface area contributed by atoms with Gasteiger partial charge in [0.15, 0.2) is 0 Å². The molecule has 0 aliphatic heterocycles. The van der Waals surface area contributed by atoms with Gasteiger partial charge in [-0.25, -0.2) is 4.68 Å². The Morgan fingerprint density at radius 2 is 1.88 bits per heavy atom. The van der Waals surface area contributed by atoms with Gasteiger partial charge < -0.3 is 10.4 Å². The smallest absolute Gasteiger partial charge is 0.259 e. The number of anilines is 1. The molecule has 7 heteroatoms. The monoisotopic (exact) mass is 443 g/mol. The van der Waals surface area contributed by atoms with Crippen LogP contribution in [0.4, 0.5) is 5.69 Å². The lowest BCUT2D eigenvalue weighted by Crippen LogP contribution is -2.33. The van der Waals surface area contributed by atoms with E-state index in [0.717, 1.165) is 11.4 Å². The molecule has 0 spiro atoms. The van der Waals surface area contributed by atoms with Gasteiger partial charge in [-0.1, -0.05) is 26.0 Å². The molecule has 170 valence electrons. The number of aliphatic hydroxyl groups excluding tert-OH is 1. The van der Waals surface area contributed by atoms with Crippen molar-refractivity contribution in [3.05, 3.63) is 71.3 Å². The van der Waals surface area contributed by atoms with E-state index in [2.05, 4.69) is 47.4 Å². The van der Waals surface area contributed by atoms with Crippen LogP contribution in [0.5, 0.6) is 0 Å². The lowest BCUT2D eigenvalue weighted by atomic mass is 9.72. The molecule has 3 aromatic rings. The number of hydrogen-bond acceptors (Lipinski definition) is 5. The van der Waals surface area contributed by atoms with Crippen molar-refractivity contribution in [1.29, 1.82) is 5.26 Å². The Labute approximate surface area is 194 Å². The third-order valence-corrected chi connectivity index (χ3v) is 6.59. The summed E-state index contributed by atoms with van der Waals surface area (Å²) in [6.45, 7) is 6.17. The summed E-state index contributed by atoms with van der Waals surface area (Å²) < 4.78 is 1.76. The fraction of sp³-hybridized carbons (Fsp3) is 0.385. The van der Waals surface area contributed by atoms with Crippen molar-refractivity contribution in [3.8, 4) is 11.8 Å². The number of benzene rings is 1. The zero-order chi connectivity index (χ0) is 23.6. The van der Waals surface area contributed by atoms with Crippen molar-refractivity contribution in [1.82, 2.24) is 14.8 Å². The third kappa shape index (κ3) is 4.53. The van der Waals surface area contributed by atoms with Gasteiger partial charge in [0.05, 0.1) is 58.3 Å². The van der Waals surface area contributed by atoms with Gasteiger partial charge in [-0.3, -0.25) is 9.78 Å². The zero-order valence-electron chi connectivity index (χ0n) is 19.2. The number of pyridine rings is 1. The number of rotatable bonds is 5. The molecule has 1 aliphatic rings. The van der Waals surface area contributed by atoms with Gasteiger partial charge in [-0.05, 0) is 68.4 Å². The molecule has 0 unspecified atom stereocenters. The van der Waals surface area contributed by atoms with Crippen LogP contribution in [0.15, 0.2) is 48.8 Å². The highest BCUT2D eigenvalue weighted by Crippen LogP contribution is 2.38. The molecule has 1 aliphatic carbocycles. The molecule has 0 saturated heterocycles. The summed E-state index contributed by atoms with van der Waals surface area (Å²) in [7, 11) is 0. The standard InChI is InChI=1S/C26H29N5O2/c1-17(2)19-4-7-21(8-5-19)31-18(3)23(15-29-31)25(33)30-20-6-9-24(28-14-20)26(16-27)12-10-22(32)11-13-26/h4-9,14-15,17,22,32H,10-13H2,1-3H3,(H,30,33). The average molecular weight is 444 g/mol. The van der Waals surface area contributed by atoms with Crippen LogP contribution in [0.2, 0.25) is 0 Å². The number of aromatic nitrogens is 3. The molecule has 4 rings (SSSR count). The Bertz CT molecular complexity index is 1160. The van der Waals surface area contributed by atoms with E-state index in [4.69, 9.17) is 0 Å². The van der Waals surface area contributed by atoms with Gasteiger partial charge in [-0.2, -0.15) is 10.4 Å². The normalized spacial score (nSPS) is 20.4. The Kier molecular flexibility index (Phi) is 6.30. The third-order valence-electron chi connectivity index (χ3n) is 6.59. The minimum atomic E-state index is -0.676. The highest BCUT2D eigenvalue weighted by atomic mass is 16.3. The summed E-state index contributed by atoms with van der Waals surface area (Å²) in [6.07, 6.45) is 5.17. The number of nitrogens with one attached hydrogen (secondary N) is 1. The number of aliphatic hydroxyl groups is 1. The van der Waals surface area contributed by atoms with Crippen molar-refractivity contribution >= 4 is 11.6 Å². The Morgan fingerprint density at radius 3 is 2.45 bits per heavy atom. The number of hydrogen-bond donors (Lipinski definition) is 2. The maximum atomic E-state index is 12.9. The molecule has 0 atom stereocenters. The molecule has 7 nitrogen and oxygen atoms in total. The topological polar surface area (TPSA) is 104 Å². The fourth-order valence-corrected chi connectivity index (χ4v) is 4.36. The van der Waals surface area contributed by atoms with Crippen LogP contribution in [0.3, 0.4) is 0 Å². The highest BCUT2D eigenvalue weighted by molar-refractivity contribution is 6.04. The van der Waals surface area contributed by atoms with E-state index in [-0.39, 0.29) is 12.0 Å². The zero-order valence-corrected chi connectivity index (χ0v) is 19.2. The molecule has 0 bridgehead atoms. The predicted octanol–water partition coefficient (Wildman–Crippen LogP) is 4.65. The number of carbonyl (C=O) groups excluding carboxylic acids is 1. The maximum absolute atomic E-state index is 12.9. The van der Waals surface area contributed by atoms with Crippen molar-refractivity contribution in [2.24, 2.45) is 0 Å². The van der Waals surface area contributed by atoms with Gasteiger partial charge >= 0.3 is 0 Å². The van der Waals surface area contributed by atoms with Crippen molar-refractivity contribution in [2.75, 3.05) is 5.32 Å². The quantitative estimate of drug-likeness (QED) is 0.597. The average Bonchev–Trinajstić information content (AvgIpc) is 3.22. The van der Waals surface area contributed by atoms with Gasteiger partial charge in [0.1, 0.15) is 0 Å². The van der Waals surface area contributed by atoms with E-state index >= 15 is 0 Å².